The molecule has 0 aliphatic heterocycles. The summed E-state index contributed by atoms with van der Waals surface area (Å²) >= 11 is 3.24. The van der Waals surface area contributed by atoms with Crippen LogP contribution in [0.1, 0.15) is 38.3 Å². The van der Waals surface area contributed by atoms with Crippen LogP contribution in [-0.4, -0.2) is 0 Å². The third-order valence-electron chi connectivity index (χ3n) is 2.88. The predicted octanol–water partition coefficient (Wildman–Crippen LogP) is 4.02. The van der Waals surface area contributed by atoms with Gasteiger partial charge in [-0.05, 0) is 18.1 Å². The zero-order valence-electron chi connectivity index (χ0n) is 9.13. The highest BCUT2D eigenvalue weighted by atomic mass is 79.9. The Hall–Kier alpha value is -0.410. The zero-order chi connectivity index (χ0) is 11.4. The number of nitrogens with two attached hydrogens (primary N) is 1. The van der Waals surface area contributed by atoms with Crippen LogP contribution in [0.5, 0.6) is 0 Å². The summed E-state index contributed by atoms with van der Waals surface area (Å²) in [5, 5.41) is 0. The quantitative estimate of drug-likeness (QED) is 0.881. The molecule has 15 heavy (non-hydrogen) atoms. The van der Waals surface area contributed by atoms with Crippen LogP contribution in [0.25, 0.3) is 0 Å². The number of halogens is 2. The Kier molecular flexibility index (Phi) is 4.74. The molecule has 0 spiro atoms. The second-order valence-electron chi connectivity index (χ2n) is 3.77. The number of hydrogen-bond donors (Lipinski definition) is 1. The Morgan fingerprint density at radius 1 is 1.33 bits per heavy atom. The second kappa shape index (κ2) is 5.61. The number of hydrogen-bond acceptors (Lipinski definition) is 1. The van der Waals surface area contributed by atoms with Crippen LogP contribution in [0.2, 0.25) is 0 Å². The third-order valence-corrected chi connectivity index (χ3v) is 3.37. The molecule has 0 radical (unpaired) electrons. The average Bonchev–Trinajstić information content (AvgIpc) is 2.19. The molecule has 1 nitrogen and oxygen atoms in total. The van der Waals surface area contributed by atoms with Crippen molar-refractivity contribution in [2.24, 2.45) is 11.7 Å². The minimum atomic E-state index is -0.219. The van der Waals surface area contributed by atoms with Crippen molar-refractivity contribution in [3.63, 3.8) is 0 Å². The molecule has 0 aliphatic rings. The van der Waals surface area contributed by atoms with Crippen molar-refractivity contribution in [3.8, 4) is 0 Å². The van der Waals surface area contributed by atoms with E-state index in [-0.39, 0.29) is 11.9 Å². The lowest BCUT2D eigenvalue weighted by molar-refractivity contribution is 0.394. The minimum absolute atomic E-state index is 0.201. The highest BCUT2D eigenvalue weighted by Crippen LogP contribution is 2.28. The van der Waals surface area contributed by atoms with Crippen LogP contribution in [0.15, 0.2) is 22.7 Å². The van der Waals surface area contributed by atoms with Crippen molar-refractivity contribution in [3.05, 3.63) is 34.1 Å². The van der Waals surface area contributed by atoms with Gasteiger partial charge in [0.1, 0.15) is 5.82 Å². The number of benzene rings is 1. The van der Waals surface area contributed by atoms with Crippen LogP contribution >= 0.6 is 15.9 Å². The Morgan fingerprint density at radius 2 is 1.93 bits per heavy atom. The van der Waals surface area contributed by atoms with E-state index in [1.807, 2.05) is 6.07 Å². The van der Waals surface area contributed by atoms with Crippen LogP contribution in [0.3, 0.4) is 0 Å². The normalized spacial score (nSPS) is 13.2. The SMILES string of the molecule is CCC(CC)C(N)c1ccc(Br)cc1F. The summed E-state index contributed by atoms with van der Waals surface area (Å²) < 4.78 is 14.4. The third kappa shape index (κ3) is 3.02. The van der Waals surface area contributed by atoms with E-state index in [0.717, 1.165) is 17.3 Å². The first kappa shape index (κ1) is 12.7. The molecule has 0 aromatic heterocycles. The standard InChI is InChI=1S/C12H17BrFN/c1-3-8(4-2)12(15)10-6-5-9(13)7-11(10)14/h5-8,12H,3-4,15H2,1-2H3. The largest absolute Gasteiger partial charge is 0.324 e. The molecule has 0 amide bonds. The van der Waals surface area contributed by atoms with Crippen molar-refractivity contribution in [2.75, 3.05) is 0 Å². The summed E-state index contributed by atoms with van der Waals surface area (Å²) in [6, 6.07) is 4.87. The summed E-state index contributed by atoms with van der Waals surface area (Å²) in [5.74, 6) is 0.129. The molecule has 84 valence electrons. The molecule has 3 heteroatoms. The maximum Gasteiger partial charge on any atom is 0.129 e. The van der Waals surface area contributed by atoms with Crippen molar-refractivity contribution < 1.29 is 4.39 Å². The molecule has 0 fully saturated rings. The van der Waals surface area contributed by atoms with Crippen molar-refractivity contribution in [1.29, 1.82) is 0 Å². The molecular weight excluding hydrogens is 257 g/mol. The first-order valence-corrected chi connectivity index (χ1v) is 6.10. The van der Waals surface area contributed by atoms with Gasteiger partial charge >= 0.3 is 0 Å². The lowest BCUT2D eigenvalue weighted by atomic mass is 9.89. The zero-order valence-corrected chi connectivity index (χ0v) is 10.7. The molecular formula is C12H17BrFN. The van der Waals surface area contributed by atoms with E-state index in [0.29, 0.717) is 11.5 Å². The van der Waals surface area contributed by atoms with Gasteiger partial charge in [-0.1, -0.05) is 48.7 Å². The van der Waals surface area contributed by atoms with Gasteiger partial charge in [0.05, 0.1) is 0 Å². The maximum atomic E-state index is 13.6. The molecule has 0 saturated heterocycles. The van der Waals surface area contributed by atoms with E-state index in [9.17, 15) is 4.39 Å². The highest BCUT2D eigenvalue weighted by Gasteiger charge is 2.19. The van der Waals surface area contributed by atoms with Crippen LogP contribution in [0, 0.1) is 11.7 Å². The second-order valence-corrected chi connectivity index (χ2v) is 4.68. The van der Waals surface area contributed by atoms with Crippen molar-refractivity contribution in [1.82, 2.24) is 0 Å². The van der Waals surface area contributed by atoms with E-state index >= 15 is 0 Å². The van der Waals surface area contributed by atoms with Crippen molar-refractivity contribution in [2.45, 2.75) is 32.7 Å². The fourth-order valence-corrected chi connectivity index (χ4v) is 2.16. The Labute approximate surface area is 99.0 Å². The smallest absolute Gasteiger partial charge is 0.129 e. The lowest BCUT2D eigenvalue weighted by Crippen LogP contribution is -2.21. The topological polar surface area (TPSA) is 26.0 Å². The van der Waals surface area contributed by atoms with E-state index in [4.69, 9.17) is 5.73 Å². The summed E-state index contributed by atoms with van der Waals surface area (Å²) in [7, 11) is 0. The monoisotopic (exact) mass is 273 g/mol. The first-order chi connectivity index (χ1) is 7.10. The van der Waals surface area contributed by atoms with Crippen molar-refractivity contribution >= 4 is 15.9 Å². The van der Waals surface area contributed by atoms with Gasteiger partial charge in [0.2, 0.25) is 0 Å². The molecule has 1 rings (SSSR count). The fourth-order valence-electron chi connectivity index (χ4n) is 1.82. The first-order valence-electron chi connectivity index (χ1n) is 5.30. The summed E-state index contributed by atoms with van der Waals surface area (Å²) in [4.78, 5) is 0. The Bertz CT molecular complexity index is 323. The molecule has 2 N–H and O–H groups in total. The molecule has 1 atom stereocenters. The van der Waals surface area contributed by atoms with E-state index in [1.54, 1.807) is 6.07 Å². The van der Waals surface area contributed by atoms with Gasteiger partial charge in [0.15, 0.2) is 0 Å². The molecule has 1 aromatic rings. The van der Waals surface area contributed by atoms with E-state index < -0.39 is 0 Å². The highest BCUT2D eigenvalue weighted by molar-refractivity contribution is 9.10. The number of rotatable bonds is 4. The van der Waals surface area contributed by atoms with E-state index in [1.165, 1.54) is 6.07 Å². The Balaban J connectivity index is 2.94. The lowest BCUT2D eigenvalue weighted by Gasteiger charge is -2.22. The maximum absolute atomic E-state index is 13.6. The fraction of sp³-hybridized carbons (Fsp3) is 0.500. The van der Waals surface area contributed by atoms with Gasteiger partial charge < -0.3 is 5.73 Å². The van der Waals surface area contributed by atoms with Crippen LogP contribution < -0.4 is 5.73 Å². The van der Waals surface area contributed by atoms with E-state index in [2.05, 4.69) is 29.8 Å². The van der Waals surface area contributed by atoms with Gasteiger partial charge in [0, 0.05) is 16.1 Å². The molecule has 0 heterocycles. The van der Waals surface area contributed by atoms with Gasteiger partial charge in [-0.2, -0.15) is 0 Å². The van der Waals surface area contributed by atoms with Gasteiger partial charge in [-0.25, -0.2) is 4.39 Å². The molecule has 1 unspecified atom stereocenters. The van der Waals surface area contributed by atoms with Gasteiger partial charge in [-0.15, -0.1) is 0 Å². The summed E-state index contributed by atoms with van der Waals surface area (Å²) in [5.41, 5.74) is 6.67. The average molecular weight is 274 g/mol. The van der Waals surface area contributed by atoms with Crippen LogP contribution in [-0.2, 0) is 0 Å². The molecule has 0 aliphatic carbocycles. The molecule has 1 aromatic carbocycles. The summed E-state index contributed by atoms with van der Waals surface area (Å²) in [6.45, 7) is 4.18. The molecule has 0 bridgehead atoms. The Morgan fingerprint density at radius 3 is 2.40 bits per heavy atom. The minimum Gasteiger partial charge on any atom is -0.324 e. The van der Waals surface area contributed by atoms with Gasteiger partial charge in [0.25, 0.3) is 0 Å². The van der Waals surface area contributed by atoms with Gasteiger partial charge in [-0.3, -0.25) is 0 Å². The summed E-state index contributed by atoms with van der Waals surface area (Å²) in [6.07, 6.45) is 1.96. The van der Waals surface area contributed by atoms with Crippen LogP contribution in [0.4, 0.5) is 4.39 Å². The predicted molar refractivity (Wildman–Crippen MR) is 65.1 cm³/mol. The molecule has 0 saturated carbocycles.